The number of phosphoric acid groups is 6. The number of hydrogen-bond acceptors (Lipinski definition) is 38. The number of carbonyl (C=O) groups excluding carboxylic acids is 4. The van der Waals surface area contributed by atoms with Crippen LogP contribution in [0.2, 0.25) is 0 Å². The fourth-order valence-electron chi connectivity index (χ4n) is 12.3. The first kappa shape index (κ1) is 95.2. The van der Waals surface area contributed by atoms with E-state index in [-0.39, 0.29) is 85.1 Å². The molecule has 14 atom stereocenters. The summed E-state index contributed by atoms with van der Waals surface area (Å²) in [5.74, 6) is -1.27. The topological polar surface area (TPSA) is 737 Å². The first-order chi connectivity index (χ1) is 58.2. The molecular formula is C64H82N20O32P6S2. The van der Waals surface area contributed by atoms with Gasteiger partial charge in [-0.3, -0.25) is 56.5 Å². The molecular weight excluding hydrogens is 1810 g/mol. The van der Waals surface area contributed by atoms with Crippen molar-refractivity contribution in [2.45, 2.75) is 74.8 Å². The summed E-state index contributed by atoms with van der Waals surface area (Å²) in [4.78, 5) is 189. The molecule has 12 rings (SSSR count). The number of aromatic amines is 2. The molecule has 52 nitrogen and oxygen atoms in total. The lowest BCUT2D eigenvalue weighted by Gasteiger charge is -2.23. The number of nitrogen functional groups attached to an aromatic ring is 2. The molecule has 2 fully saturated rings. The number of anilines is 4. The van der Waals surface area contributed by atoms with Gasteiger partial charge in [0.15, 0.2) is 47.0 Å². The van der Waals surface area contributed by atoms with Gasteiger partial charge in [-0.1, -0.05) is 0 Å². The van der Waals surface area contributed by atoms with Gasteiger partial charge in [0.1, 0.15) is 52.6 Å². The van der Waals surface area contributed by atoms with Gasteiger partial charge in [-0.15, -0.1) is 22.7 Å². The van der Waals surface area contributed by atoms with E-state index >= 15 is 0 Å². The molecule has 4 aliphatic heterocycles. The molecule has 124 heavy (non-hydrogen) atoms. The number of aliphatic hydroxyl groups is 2. The average molecular weight is 1890 g/mol. The van der Waals surface area contributed by atoms with Gasteiger partial charge in [-0.05, 0) is 61.4 Å². The van der Waals surface area contributed by atoms with E-state index < -0.39 is 133 Å². The van der Waals surface area contributed by atoms with E-state index in [1.165, 1.54) is 0 Å². The molecule has 4 amide bonds. The second kappa shape index (κ2) is 39.6. The highest BCUT2D eigenvalue weighted by atomic mass is 32.1. The average Bonchev–Trinajstić information content (AvgIpc) is 1.49. The third-order valence-electron chi connectivity index (χ3n) is 18.0. The van der Waals surface area contributed by atoms with Crippen molar-refractivity contribution in [3.05, 3.63) is 117 Å². The van der Waals surface area contributed by atoms with E-state index in [0.29, 0.717) is 25.9 Å². The number of nitrogens with one attached hydrogen (secondary N) is 6. The number of aromatic nitrogens is 10. The molecule has 0 saturated carbocycles. The van der Waals surface area contributed by atoms with E-state index in [4.69, 9.17) is 50.2 Å². The number of ether oxygens (including phenoxy) is 4. The number of imidazole rings is 2. The number of amides is 4. The van der Waals surface area contributed by atoms with Gasteiger partial charge >= 0.3 is 43.5 Å². The molecule has 4 aromatic heterocycles. The minimum absolute atomic E-state index is 0.0175. The number of nitrogens with two attached hydrogens (primary N) is 2. The van der Waals surface area contributed by atoms with Crippen LogP contribution in [-0.4, -0.2) is 244 Å². The summed E-state index contributed by atoms with van der Waals surface area (Å²) < 4.78 is 124. The SMILES string of the molecule is CN(CCCC(=O)NCCNC(=O)O[C@@H]1[C@H](O)[C@@H](COP(=O)(O)OP(=O)(O)OP(=O)([O-])O)O[C@H]1n1cnc2c(=O)[nH]c(N)nc21)c1ccc2nc3ccc(=[N+](C)C)cc-3sc2c1.CN(CCCC(=O)NCCNC(=O)O[C@H]1[C@@H](O)[C@H](n2cnc3c(=O)[nH]c(N)nc32)O[C@@H]1COP(=O)(O)OP(=O)(O)OP(=O)([O-])O)c1ccc2nc3ccc(=[N+](C)C)cc-3sc2c1. The number of H-pyrrole nitrogens is 2. The normalized spacial score (nSPS) is 20.6. The maximum absolute atomic E-state index is 12.9. The summed E-state index contributed by atoms with van der Waals surface area (Å²) in [6.45, 7) is -1.51. The Morgan fingerprint density at radius 1 is 0.540 bits per heavy atom. The molecule has 18 N–H and O–H groups in total. The summed E-state index contributed by atoms with van der Waals surface area (Å²) in [7, 11) is -23.4. The molecule has 8 heterocycles. The Balaban J connectivity index is 0.000000241. The third-order valence-corrected chi connectivity index (χ3v) is 27.8. The van der Waals surface area contributed by atoms with Crippen molar-refractivity contribution in [1.82, 2.24) is 79.4 Å². The van der Waals surface area contributed by atoms with Gasteiger partial charge in [-0.2, -0.15) is 18.6 Å². The van der Waals surface area contributed by atoms with Crippen LogP contribution in [0.25, 0.3) is 63.9 Å². The second-order valence-corrected chi connectivity index (χ2v) is 38.5. The van der Waals surface area contributed by atoms with Crippen molar-refractivity contribution in [1.29, 1.82) is 0 Å². The molecule has 6 unspecified atom stereocenters. The number of rotatable bonds is 34. The van der Waals surface area contributed by atoms with Gasteiger partial charge in [0, 0.05) is 102 Å². The maximum Gasteiger partial charge on any atom is 0.487 e. The Kier molecular flexibility index (Phi) is 30.4. The highest BCUT2D eigenvalue weighted by Gasteiger charge is 2.52. The second-order valence-electron chi connectivity index (χ2n) is 27.6. The molecule has 60 heteroatoms. The van der Waals surface area contributed by atoms with Crippen LogP contribution < -0.4 is 83.3 Å². The lowest BCUT2D eigenvalue weighted by molar-refractivity contribution is -0.214. The molecule has 2 aliphatic carbocycles. The van der Waals surface area contributed by atoms with E-state index in [2.05, 4.69) is 102 Å². The largest absolute Gasteiger partial charge is 0.756 e. The predicted octanol–water partition coefficient (Wildman–Crippen LogP) is -0.909. The van der Waals surface area contributed by atoms with E-state index in [1.807, 2.05) is 110 Å². The smallest absolute Gasteiger partial charge is 0.487 e. The van der Waals surface area contributed by atoms with E-state index in [0.717, 1.165) is 85.5 Å². The van der Waals surface area contributed by atoms with Crippen LogP contribution in [0.4, 0.5) is 32.9 Å². The lowest BCUT2D eigenvalue weighted by atomic mass is 10.1. The summed E-state index contributed by atoms with van der Waals surface area (Å²) in [6, 6.07) is 24.2. The number of hydrogen-bond donors (Lipinski definition) is 16. The van der Waals surface area contributed by atoms with E-state index in [9.17, 15) is 95.7 Å². The fourth-order valence-corrected chi connectivity index (χ4v) is 20.4. The molecule has 0 spiro atoms. The number of benzene rings is 4. The van der Waals surface area contributed by atoms with Crippen molar-refractivity contribution in [3.8, 4) is 21.1 Å². The van der Waals surface area contributed by atoms with Crippen molar-refractivity contribution < 1.29 is 141 Å². The molecule has 6 aromatic rings. The predicted molar refractivity (Wildman–Crippen MR) is 434 cm³/mol. The Morgan fingerprint density at radius 3 is 1.37 bits per heavy atom. The van der Waals surface area contributed by atoms with Crippen molar-refractivity contribution in [3.63, 3.8) is 0 Å². The summed E-state index contributed by atoms with van der Waals surface area (Å²) in [5.41, 5.74) is 14.4. The summed E-state index contributed by atoms with van der Waals surface area (Å²) in [5, 5.41) is 34.6. The maximum atomic E-state index is 12.9. The summed E-state index contributed by atoms with van der Waals surface area (Å²) in [6.07, 6.45) is -12.6. The standard InChI is InChI=1S/2C32H41N10O16P3S/c1-40(2)17-6-8-19-22(13-17)62-23-14-18(7-9-20(23)37-19)41(3)12-4-5-24(43)34-10-11-35-32(46)56-27-21(15-54-60(50,51)58-61(52,53)57-59(47,48)49)55-30(26(27)44)42-16-36-25-28(42)38-31(33)39-29(25)45;1-40(2)17-6-8-19-22(13-17)62-23-14-18(7-9-20(23)37-19)41(3)12-4-5-24(43)34-10-11-35-32(46)56-27-26(44)21(15-54-60(50,51)58-61(52,53)57-59(47,48)49)55-30(27)42-16-36-25-28(42)38-31(33)39-29(25)45/h2*6-9,13-14,16,21,26-27,30,44H,4-5,10-12,15H2,1-3H3,(H8-,33,34,35,38,39,43,45,46,47,48,49,50,51,52,53)/t2*21-,26-,27-,30-/m11/s1. The third kappa shape index (κ3) is 25.5. The highest BCUT2D eigenvalue weighted by molar-refractivity contribution is 7.67. The zero-order valence-corrected chi connectivity index (χ0v) is 72.6. The minimum atomic E-state index is -5.95. The molecule has 0 bridgehead atoms. The van der Waals surface area contributed by atoms with Gasteiger partial charge in [0.2, 0.25) is 34.4 Å². The van der Waals surface area contributed by atoms with Crippen molar-refractivity contribution >= 4 is 160 Å². The van der Waals surface area contributed by atoms with Gasteiger partial charge in [0.05, 0.1) is 67.4 Å². The first-order valence-corrected chi connectivity index (χ1v) is 47.0. The van der Waals surface area contributed by atoms with E-state index in [1.54, 1.807) is 22.7 Å². The number of nitrogens with zero attached hydrogens (tertiary/aromatic N) is 12. The number of carbonyl (C=O) groups is 4. The molecule has 2 saturated heterocycles. The Labute approximate surface area is 705 Å². The lowest BCUT2D eigenvalue weighted by Crippen LogP contribution is -2.42. The van der Waals surface area contributed by atoms with Crippen LogP contribution in [0.3, 0.4) is 0 Å². The van der Waals surface area contributed by atoms with Crippen molar-refractivity contribution in [2.24, 2.45) is 0 Å². The summed E-state index contributed by atoms with van der Waals surface area (Å²) >= 11 is 3.29. The minimum Gasteiger partial charge on any atom is -0.756 e. The number of alkyl carbamates (subject to hydrolysis) is 2. The number of fused-ring (bicyclic) bond motifs is 6. The monoisotopic (exact) mass is 1890 g/mol. The number of phosphoric ester groups is 2. The Hall–Kier alpha value is -9.44. The highest BCUT2D eigenvalue weighted by Crippen LogP contribution is 2.67. The Bertz CT molecular complexity index is 6180. The quantitative estimate of drug-likeness (QED) is 0.0100. The number of aliphatic hydroxyl groups excluding tert-OH is 2. The zero-order valence-electron chi connectivity index (χ0n) is 65.6. The fraction of sp³-hybridized carbons (Fsp3) is 0.406. The van der Waals surface area contributed by atoms with Crippen LogP contribution in [-0.2, 0) is 82.2 Å². The van der Waals surface area contributed by atoms with Crippen LogP contribution in [0.1, 0.15) is 38.1 Å². The van der Waals surface area contributed by atoms with Gasteiger partial charge in [0.25, 0.3) is 26.8 Å². The van der Waals surface area contributed by atoms with Gasteiger partial charge < -0.3 is 111 Å². The first-order valence-electron chi connectivity index (χ1n) is 36.4. The van der Waals surface area contributed by atoms with Crippen molar-refractivity contribution in [2.75, 3.05) is 116 Å². The Morgan fingerprint density at radius 2 is 0.944 bits per heavy atom. The van der Waals surface area contributed by atoms with Crippen LogP contribution >= 0.6 is 69.6 Å². The van der Waals surface area contributed by atoms with Crippen LogP contribution in [0, 0.1) is 0 Å². The molecule has 672 valence electrons. The van der Waals surface area contributed by atoms with Gasteiger partial charge in [-0.25, -0.2) is 65.6 Å². The van der Waals surface area contributed by atoms with Crippen LogP contribution in [0.5, 0.6) is 0 Å². The molecule has 0 radical (unpaired) electrons. The van der Waals surface area contributed by atoms with Crippen LogP contribution in [0.15, 0.2) is 95.0 Å². The molecule has 2 aromatic carbocycles. The molecule has 6 aliphatic rings. The zero-order chi connectivity index (χ0) is 90.3.